The Kier molecular flexibility index (Phi) is 14.0. The first-order valence-corrected chi connectivity index (χ1v) is 15.3. The molecule has 0 unspecified atom stereocenters. The van der Waals surface area contributed by atoms with Gasteiger partial charge in [-0.2, -0.15) is 8.42 Å². The second-order valence-corrected chi connectivity index (χ2v) is 12.6. The van der Waals surface area contributed by atoms with Gasteiger partial charge in [-0.05, 0) is 35.4 Å². The van der Waals surface area contributed by atoms with Crippen LogP contribution in [0.15, 0.2) is 58.3 Å². The molecule has 37 heavy (non-hydrogen) atoms. The predicted molar refractivity (Wildman–Crippen MR) is 133 cm³/mol. The van der Waals surface area contributed by atoms with Gasteiger partial charge in [-0.15, -0.1) is 0 Å². The first-order valence-electron chi connectivity index (χ1n) is 10.1. The van der Waals surface area contributed by atoms with Gasteiger partial charge < -0.3 is 31.9 Å². The maximum absolute atomic E-state index is 11.2. The van der Waals surface area contributed by atoms with Crippen molar-refractivity contribution in [2.45, 2.75) is 34.1 Å². The van der Waals surface area contributed by atoms with Crippen molar-refractivity contribution in [1.29, 1.82) is 0 Å². The van der Waals surface area contributed by atoms with Crippen LogP contribution in [-0.4, -0.2) is 92.6 Å². The fraction of sp³-hybridized carbons (Fsp3) is 0.400. The van der Waals surface area contributed by atoms with Gasteiger partial charge in [0.05, 0.1) is 47.3 Å². The van der Waals surface area contributed by atoms with E-state index in [-0.39, 0.29) is 23.0 Å². The standard InChI is InChI=1S/2C10H15NO4S.H2O4S/c2*1-16(14,15)8-4-2-7(3-5-8)10(13)9(11)6-12;1-5(2,3)4/h2*2-5,9-10,12-13H,6,11H2,1H3;(H2,1,2,3,4)/t2*9-,10-;/m00./s1. The number of rotatable bonds is 8. The first kappa shape index (κ1) is 35.0. The molecule has 10 N–H and O–H groups in total. The van der Waals surface area contributed by atoms with Crippen LogP contribution in [0.3, 0.4) is 0 Å². The fourth-order valence-electron chi connectivity index (χ4n) is 2.52. The van der Waals surface area contributed by atoms with Crippen molar-refractivity contribution in [3.63, 3.8) is 0 Å². The van der Waals surface area contributed by atoms with E-state index in [9.17, 15) is 27.0 Å². The third kappa shape index (κ3) is 13.9. The van der Waals surface area contributed by atoms with Crippen molar-refractivity contribution in [3.05, 3.63) is 59.7 Å². The number of aliphatic hydroxyl groups is 4. The zero-order valence-corrected chi connectivity index (χ0v) is 22.3. The number of nitrogens with two attached hydrogens (primary N) is 2. The van der Waals surface area contributed by atoms with Crippen molar-refractivity contribution in [3.8, 4) is 0 Å². The van der Waals surface area contributed by atoms with E-state index in [2.05, 4.69) is 0 Å². The normalized spacial score (nSPS) is 15.2. The molecule has 2 rings (SSSR count). The van der Waals surface area contributed by atoms with Gasteiger partial charge in [0.15, 0.2) is 19.7 Å². The number of benzene rings is 2. The fourth-order valence-corrected chi connectivity index (χ4v) is 3.78. The summed E-state index contributed by atoms with van der Waals surface area (Å²) in [7, 11) is -11.1. The van der Waals surface area contributed by atoms with Gasteiger partial charge in [0, 0.05) is 12.5 Å². The number of aliphatic hydroxyl groups excluding tert-OH is 4. The van der Waals surface area contributed by atoms with Gasteiger partial charge in [-0.25, -0.2) is 16.8 Å². The molecule has 0 fully saturated rings. The van der Waals surface area contributed by atoms with E-state index in [0.29, 0.717) is 11.1 Å². The van der Waals surface area contributed by atoms with Gasteiger partial charge in [-0.1, -0.05) is 24.3 Å². The molecule has 2 aromatic rings. The second-order valence-electron chi connectivity index (χ2n) is 7.71. The van der Waals surface area contributed by atoms with E-state index in [1.54, 1.807) is 0 Å². The highest BCUT2D eigenvalue weighted by Gasteiger charge is 2.17. The zero-order chi connectivity index (χ0) is 29.2. The molecular weight excluding hydrogens is 556 g/mol. The van der Waals surface area contributed by atoms with Crippen LogP contribution in [0, 0.1) is 0 Å². The van der Waals surface area contributed by atoms with Gasteiger partial charge >= 0.3 is 10.4 Å². The maximum atomic E-state index is 11.2. The molecule has 0 heterocycles. The molecule has 0 aliphatic rings. The third-order valence-corrected chi connectivity index (χ3v) is 6.79. The molecule has 0 saturated carbocycles. The van der Waals surface area contributed by atoms with Crippen LogP contribution in [0.4, 0.5) is 0 Å². The molecule has 212 valence electrons. The molecule has 0 radical (unpaired) electrons. The van der Waals surface area contributed by atoms with E-state index >= 15 is 0 Å². The maximum Gasteiger partial charge on any atom is 0.394 e. The summed E-state index contributed by atoms with van der Waals surface area (Å²) in [6.45, 7) is -0.677. The number of hydrogen-bond acceptors (Lipinski definition) is 12. The van der Waals surface area contributed by atoms with E-state index in [1.807, 2.05) is 0 Å². The van der Waals surface area contributed by atoms with Crippen molar-refractivity contribution < 1.29 is 54.8 Å². The quantitative estimate of drug-likeness (QED) is 0.159. The van der Waals surface area contributed by atoms with Crippen molar-refractivity contribution in [1.82, 2.24) is 0 Å². The van der Waals surface area contributed by atoms with Crippen molar-refractivity contribution >= 4 is 30.1 Å². The molecule has 14 nitrogen and oxygen atoms in total. The minimum Gasteiger partial charge on any atom is -0.395 e. The smallest absolute Gasteiger partial charge is 0.394 e. The minimum atomic E-state index is -4.67. The van der Waals surface area contributed by atoms with E-state index in [0.717, 1.165) is 12.5 Å². The highest BCUT2D eigenvalue weighted by molar-refractivity contribution is 7.91. The third-order valence-electron chi connectivity index (χ3n) is 4.53. The van der Waals surface area contributed by atoms with Crippen LogP contribution in [0.25, 0.3) is 0 Å². The molecule has 2 aromatic carbocycles. The Bertz CT molecular complexity index is 1190. The highest BCUT2D eigenvalue weighted by atomic mass is 32.3. The number of hydrogen-bond donors (Lipinski definition) is 8. The lowest BCUT2D eigenvalue weighted by molar-refractivity contribution is 0.109. The Morgan fingerprint density at radius 1 is 0.622 bits per heavy atom. The van der Waals surface area contributed by atoms with Crippen LogP contribution in [-0.2, 0) is 30.1 Å². The van der Waals surface area contributed by atoms with Crippen molar-refractivity contribution in [2.75, 3.05) is 25.7 Å². The summed E-state index contributed by atoms with van der Waals surface area (Å²) >= 11 is 0. The molecule has 0 aromatic heterocycles. The van der Waals surface area contributed by atoms with Crippen LogP contribution >= 0.6 is 0 Å². The SMILES string of the molecule is CS(=O)(=O)c1ccc([C@H](O)[C@@H](N)CO)cc1.CS(=O)(=O)c1ccc([C@H](O)[C@@H](N)CO)cc1.O=S(=O)(O)O. The van der Waals surface area contributed by atoms with E-state index in [4.69, 9.17) is 39.2 Å². The molecule has 0 amide bonds. The average Bonchev–Trinajstić information content (AvgIpc) is 2.80. The Morgan fingerprint density at radius 2 is 0.838 bits per heavy atom. The van der Waals surface area contributed by atoms with Crippen LogP contribution in [0.2, 0.25) is 0 Å². The Balaban J connectivity index is 0.000000594. The topological polar surface area (TPSA) is 276 Å². The molecule has 17 heteroatoms. The van der Waals surface area contributed by atoms with Crippen LogP contribution in [0.1, 0.15) is 23.3 Å². The van der Waals surface area contributed by atoms with Crippen LogP contribution in [0.5, 0.6) is 0 Å². The molecule has 0 spiro atoms. The monoisotopic (exact) mass is 588 g/mol. The second kappa shape index (κ2) is 14.8. The zero-order valence-electron chi connectivity index (χ0n) is 19.9. The molecule has 0 bridgehead atoms. The lowest BCUT2D eigenvalue weighted by atomic mass is 10.0. The van der Waals surface area contributed by atoms with E-state index in [1.165, 1.54) is 48.5 Å². The predicted octanol–water partition coefficient (Wildman–Crippen LogP) is -1.77. The Hall–Kier alpha value is -2.03. The van der Waals surface area contributed by atoms with Gasteiger partial charge in [0.25, 0.3) is 0 Å². The van der Waals surface area contributed by atoms with Gasteiger partial charge in [0.2, 0.25) is 0 Å². The summed E-state index contributed by atoms with van der Waals surface area (Å²) in [6, 6.07) is 9.99. The molecule has 0 saturated heterocycles. The minimum absolute atomic E-state index is 0.181. The summed E-state index contributed by atoms with van der Waals surface area (Å²) in [5.41, 5.74) is 11.9. The number of sulfone groups is 2. The summed E-state index contributed by atoms with van der Waals surface area (Å²) in [4.78, 5) is 0.363. The molecular formula is C20H32N2O12S3. The average molecular weight is 589 g/mol. The summed E-state index contributed by atoms with van der Waals surface area (Å²) in [6.07, 6.45) is 0.215. The Labute approximate surface area is 215 Å². The highest BCUT2D eigenvalue weighted by Crippen LogP contribution is 2.19. The molecule has 0 aliphatic carbocycles. The summed E-state index contributed by atoms with van der Waals surface area (Å²) in [5, 5.41) is 36.8. The largest absolute Gasteiger partial charge is 0.395 e. The van der Waals surface area contributed by atoms with E-state index < -0.39 is 54.4 Å². The summed E-state index contributed by atoms with van der Waals surface area (Å²) < 4.78 is 76.3. The lowest BCUT2D eigenvalue weighted by Gasteiger charge is -2.16. The van der Waals surface area contributed by atoms with Crippen LogP contribution < -0.4 is 11.5 Å². The summed E-state index contributed by atoms with van der Waals surface area (Å²) in [5.74, 6) is 0. The first-order chi connectivity index (χ1) is 16.7. The van der Waals surface area contributed by atoms with Gasteiger partial charge in [-0.3, -0.25) is 9.11 Å². The Morgan fingerprint density at radius 3 is 1.00 bits per heavy atom. The molecule has 0 aliphatic heterocycles. The molecule has 4 atom stereocenters. The van der Waals surface area contributed by atoms with Crippen molar-refractivity contribution in [2.24, 2.45) is 11.5 Å². The lowest BCUT2D eigenvalue weighted by Crippen LogP contribution is -2.31. The van der Waals surface area contributed by atoms with Gasteiger partial charge in [0.1, 0.15) is 0 Å².